The van der Waals surface area contributed by atoms with Gasteiger partial charge in [0.25, 0.3) is 11.5 Å². The van der Waals surface area contributed by atoms with Crippen molar-refractivity contribution < 1.29 is 9.59 Å². The maximum Gasteiger partial charge on any atom is 0.270 e. The number of nitrogens with zero attached hydrogens (tertiary/aromatic N) is 2. The fourth-order valence-electron chi connectivity index (χ4n) is 3.42. The van der Waals surface area contributed by atoms with E-state index in [1.807, 2.05) is 25.1 Å². The van der Waals surface area contributed by atoms with Crippen LogP contribution in [0.2, 0.25) is 0 Å². The van der Waals surface area contributed by atoms with Crippen molar-refractivity contribution >= 4 is 23.1 Å². The van der Waals surface area contributed by atoms with E-state index < -0.39 is 11.5 Å². The number of piperidine rings is 1. The number of hydrogen-bond acceptors (Lipinski definition) is 4. The molecule has 0 bridgehead atoms. The van der Waals surface area contributed by atoms with Crippen molar-refractivity contribution in [3.8, 4) is 0 Å². The number of aryl methyl sites for hydroxylation is 1. The topological polar surface area (TPSA) is 92.6 Å². The van der Waals surface area contributed by atoms with Gasteiger partial charge >= 0.3 is 0 Å². The molecule has 0 spiro atoms. The zero-order chi connectivity index (χ0) is 19.7. The molecule has 3 aromatic rings. The maximum atomic E-state index is 12.7. The molecule has 4 rings (SSSR count). The Bertz CT molecular complexity index is 1140. The van der Waals surface area contributed by atoms with E-state index in [1.165, 1.54) is 10.6 Å². The minimum absolute atomic E-state index is 0.0299. The van der Waals surface area contributed by atoms with Crippen LogP contribution in [0.25, 0.3) is 5.65 Å². The van der Waals surface area contributed by atoms with Gasteiger partial charge in [-0.3, -0.25) is 18.8 Å². The standard InChI is InChI=1S/C21H20N4O3/c1-13-8-9-25-18(10-13)22-12-16(21(25)28)20(27)23-15-5-2-4-14(11-15)17-6-3-7-19(26)24-17/h2,4-5,8-12,17H,3,6-7H2,1H3,(H,23,27)(H,24,26). The lowest BCUT2D eigenvalue weighted by molar-refractivity contribution is -0.123. The second-order valence-corrected chi connectivity index (χ2v) is 7.00. The second-order valence-electron chi connectivity index (χ2n) is 7.00. The molecule has 2 aromatic heterocycles. The Morgan fingerprint density at radius 2 is 2.11 bits per heavy atom. The van der Waals surface area contributed by atoms with Gasteiger partial charge in [0.1, 0.15) is 11.2 Å². The van der Waals surface area contributed by atoms with Crippen LogP contribution in [0.5, 0.6) is 0 Å². The number of carbonyl (C=O) groups is 2. The molecule has 1 unspecified atom stereocenters. The van der Waals surface area contributed by atoms with Crippen LogP contribution < -0.4 is 16.2 Å². The minimum atomic E-state index is -0.516. The van der Waals surface area contributed by atoms with Gasteiger partial charge in [-0.1, -0.05) is 12.1 Å². The maximum absolute atomic E-state index is 12.7. The molecule has 1 atom stereocenters. The molecular formula is C21H20N4O3. The molecular weight excluding hydrogens is 356 g/mol. The number of hydrogen-bond donors (Lipinski definition) is 2. The van der Waals surface area contributed by atoms with Gasteiger partial charge in [-0.25, -0.2) is 4.98 Å². The monoisotopic (exact) mass is 376 g/mol. The van der Waals surface area contributed by atoms with Crippen molar-refractivity contribution in [2.75, 3.05) is 5.32 Å². The molecule has 2 N–H and O–H groups in total. The molecule has 3 heterocycles. The summed E-state index contributed by atoms with van der Waals surface area (Å²) < 4.78 is 1.36. The normalized spacial score (nSPS) is 16.6. The number of anilines is 1. The highest BCUT2D eigenvalue weighted by Crippen LogP contribution is 2.25. The number of carbonyl (C=O) groups excluding carboxylic acids is 2. The predicted molar refractivity (Wildman–Crippen MR) is 105 cm³/mol. The number of aromatic nitrogens is 2. The van der Waals surface area contributed by atoms with Crippen LogP contribution >= 0.6 is 0 Å². The van der Waals surface area contributed by atoms with Gasteiger partial charge in [0.15, 0.2) is 0 Å². The zero-order valence-electron chi connectivity index (χ0n) is 15.4. The highest BCUT2D eigenvalue weighted by molar-refractivity contribution is 6.04. The van der Waals surface area contributed by atoms with Crippen molar-refractivity contribution in [2.45, 2.75) is 32.2 Å². The Balaban J connectivity index is 1.59. The predicted octanol–water partition coefficient (Wildman–Crippen LogP) is 2.60. The van der Waals surface area contributed by atoms with Crippen LogP contribution in [0.3, 0.4) is 0 Å². The first kappa shape index (κ1) is 17.9. The first-order chi connectivity index (χ1) is 13.5. The van der Waals surface area contributed by atoms with E-state index in [-0.39, 0.29) is 17.5 Å². The molecule has 2 amide bonds. The third-order valence-electron chi connectivity index (χ3n) is 4.89. The van der Waals surface area contributed by atoms with Crippen molar-refractivity contribution in [1.29, 1.82) is 0 Å². The average molecular weight is 376 g/mol. The molecule has 1 saturated heterocycles. The van der Waals surface area contributed by atoms with E-state index in [0.717, 1.165) is 24.0 Å². The van der Waals surface area contributed by atoms with E-state index >= 15 is 0 Å². The SMILES string of the molecule is Cc1ccn2c(=O)c(C(=O)Nc3cccc(C4CCCC(=O)N4)c3)cnc2c1. The number of fused-ring (bicyclic) bond motifs is 1. The molecule has 0 radical (unpaired) electrons. The van der Waals surface area contributed by atoms with Crippen LogP contribution in [0.4, 0.5) is 5.69 Å². The summed E-state index contributed by atoms with van der Waals surface area (Å²) in [6.07, 6.45) is 5.16. The minimum Gasteiger partial charge on any atom is -0.349 e. The summed E-state index contributed by atoms with van der Waals surface area (Å²) in [7, 11) is 0. The fourth-order valence-corrected chi connectivity index (χ4v) is 3.42. The first-order valence-electron chi connectivity index (χ1n) is 9.20. The number of nitrogens with one attached hydrogen (secondary N) is 2. The van der Waals surface area contributed by atoms with Gasteiger partial charge in [-0.15, -0.1) is 0 Å². The molecule has 28 heavy (non-hydrogen) atoms. The van der Waals surface area contributed by atoms with Crippen molar-refractivity contribution in [3.05, 3.63) is 75.8 Å². The molecule has 7 heteroatoms. The quantitative estimate of drug-likeness (QED) is 0.735. The van der Waals surface area contributed by atoms with E-state index in [9.17, 15) is 14.4 Å². The zero-order valence-corrected chi connectivity index (χ0v) is 15.4. The van der Waals surface area contributed by atoms with E-state index in [0.29, 0.717) is 17.8 Å². The third kappa shape index (κ3) is 3.51. The fraction of sp³-hybridized carbons (Fsp3) is 0.238. The molecule has 7 nitrogen and oxygen atoms in total. The molecule has 1 aliphatic heterocycles. The Morgan fingerprint density at radius 1 is 1.25 bits per heavy atom. The number of rotatable bonds is 3. The number of benzene rings is 1. The highest BCUT2D eigenvalue weighted by Gasteiger charge is 2.20. The summed E-state index contributed by atoms with van der Waals surface area (Å²) in [6, 6.07) is 10.8. The van der Waals surface area contributed by atoms with Gasteiger partial charge < -0.3 is 10.6 Å². The van der Waals surface area contributed by atoms with Crippen LogP contribution in [0.15, 0.2) is 53.6 Å². The Kier molecular flexibility index (Phi) is 4.65. The van der Waals surface area contributed by atoms with Crippen molar-refractivity contribution in [2.24, 2.45) is 0 Å². The Labute approximate surface area is 161 Å². The van der Waals surface area contributed by atoms with Gasteiger partial charge in [-0.2, -0.15) is 0 Å². The lowest BCUT2D eigenvalue weighted by atomic mass is 9.97. The molecule has 1 fully saturated rings. The van der Waals surface area contributed by atoms with Crippen molar-refractivity contribution in [3.63, 3.8) is 0 Å². The van der Waals surface area contributed by atoms with Crippen molar-refractivity contribution in [1.82, 2.24) is 14.7 Å². The van der Waals surface area contributed by atoms with Crippen LogP contribution in [0, 0.1) is 6.92 Å². The van der Waals surface area contributed by atoms with E-state index in [2.05, 4.69) is 15.6 Å². The number of pyridine rings is 1. The molecule has 1 aliphatic rings. The summed E-state index contributed by atoms with van der Waals surface area (Å²) in [5, 5.41) is 5.72. The Morgan fingerprint density at radius 3 is 2.93 bits per heavy atom. The molecule has 1 aromatic carbocycles. The molecule has 0 saturated carbocycles. The average Bonchev–Trinajstić information content (AvgIpc) is 2.68. The van der Waals surface area contributed by atoms with E-state index in [1.54, 1.807) is 24.4 Å². The summed E-state index contributed by atoms with van der Waals surface area (Å²) in [4.78, 5) is 41.1. The van der Waals surface area contributed by atoms with Gasteiger partial charge in [0, 0.05) is 24.5 Å². The largest absolute Gasteiger partial charge is 0.349 e. The van der Waals surface area contributed by atoms with Gasteiger partial charge in [0.05, 0.1) is 6.04 Å². The summed E-state index contributed by atoms with van der Waals surface area (Å²) in [6.45, 7) is 1.91. The number of amides is 2. The third-order valence-corrected chi connectivity index (χ3v) is 4.89. The van der Waals surface area contributed by atoms with Gasteiger partial charge in [0.2, 0.25) is 5.91 Å². The summed E-state index contributed by atoms with van der Waals surface area (Å²) in [5.74, 6) is -0.478. The van der Waals surface area contributed by atoms with E-state index in [4.69, 9.17) is 0 Å². The van der Waals surface area contributed by atoms with Crippen LogP contribution in [-0.2, 0) is 4.79 Å². The molecule has 142 valence electrons. The lowest BCUT2D eigenvalue weighted by Crippen LogP contribution is -2.32. The van der Waals surface area contributed by atoms with Crippen LogP contribution in [-0.4, -0.2) is 21.2 Å². The highest BCUT2D eigenvalue weighted by atomic mass is 16.2. The van der Waals surface area contributed by atoms with Crippen LogP contribution in [0.1, 0.15) is 46.8 Å². The lowest BCUT2D eigenvalue weighted by Gasteiger charge is -2.24. The second kappa shape index (κ2) is 7.26. The Hall–Kier alpha value is -3.48. The summed E-state index contributed by atoms with van der Waals surface area (Å²) in [5.41, 5.74) is 2.52. The first-order valence-corrected chi connectivity index (χ1v) is 9.20. The smallest absolute Gasteiger partial charge is 0.270 e. The summed E-state index contributed by atoms with van der Waals surface area (Å²) >= 11 is 0. The van der Waals surface area contributed by atoms with Gasteiger partial charge in [-0.05, 0) is 55.2 Å². The molecule has 0 aliphatic carbocycles.